The molecule has 0 unspecified atom stereocenters. The molecule has 15 rings (SSSR count). The van der Waals surface area contributed by atoms with Gasteiger partial charge in [-0.25, -0.2) is 0 Å². The Labute approximate surface area is 549 Å². The molecule has 0 radical (unpaired) electrons. The lowest BCUT2D eigenvalue weighted by atomic mass is 9.69. The Kier molecular flexibility index (Phi) is 16.8. The molecule has 14 aromatic rings. The highest BCUT2D eigenvalue weighted by Gasteiger charge is 2.43. The average molecular weight is 1200 g/mol. The van der Waals surface area contributed by atoms with E-state index in [-0.39, 0.29) is 5.41 Å². The summed E-state index contributed by atoms with van der Waals surface area (Å²) in [4.78, 5) is 0. The normalized spacial score (nSPS) is 12.3. The smallest absolute Gasteiger partial charge is 0.0215 e. The third kappa shape index (κ3) is 11.3. The van der Waals surface area contributed by atoms with Gasteiger partial charge < -0.3 is 0 Å². The Morgan fingerprint density at radius 1 is 0.258 bits per heavy atom. The molecule has 450 valence electrons. The molecule has 1 aliphatic carbocycles. The predicted octanol–water partition coefficient (Wildman–Crippen LogP) is 26.4. The number of hydrogen-bond donors (Lipinski definition) is 0. The van der Waals surface area contributed by atoms with Crippen LogP contribution in [0.2, 0.25) is 0 Å². The van der Waals surface area contributed by atoms with Gasteiger partial charge in [0.2, 0.25) is 0 Å². The van der Waals surface area contributed by atoms with Crippen molar-refractivity contribution >= 4 is 66.4 Å². The zero-order valence-corrected chi connectivity index (χ0v) is 53.6. The molecule has 0 fully saturated rings. The van der Waals surface area contributed by atoms with Gasteiger partial charge in [-0.1, -0.05) is 356 Å². The lowest BCUT2D eigenvalue weighted by Gasteiger charge is -2.34. The van der Waals surface area contributed by atoms with E-state index in [0.29, 0.717) is 0 Å². The van der Waals surface area contributed by atoms with E-state index in [1.54, 1.807) is 0 Å². The average Bonchev–Trinajstić information content (AvgIpc) is 1.67. The molecule has 0 aromatic heterocycles. The number of hydrogen-bond acceptors (Lipinski definition) is 0. The first kappa shape index (κ1) is 58.9. The van der Waals surface area contributed by atoms with Crippen LogP contribution >= 0.6 is 0 Å². The fourth-order valence-electron chi connectivity index (χ4n) is 15.6. The van der Waals surface area contributed by atoms with Gasteiger partial charge >= 0.3 is 0 Å². The summed E-state index contributed by atoms with van der Waals surface area (Å²) in [5, 5.41) is 10.3. The molecule has 0 atom stereocenters. The summed E-state index contributed by atoms with van der Waals surface area (Å²) >= 11 is 0. The molecule has 0 aliphatic heterocycles. The largest absolute Gasteiger partial charge is 0.0654 e. The zero-order valence-electron chi connectivity index (χ0n) is 53.6. The van der Waals surface area contributed by atoms with Gasteiger partial charge in [0, 0.05) is 5.41 Å². The van der Waals surface area contributed by atoms with E-state index >= 15 is 0 Å². The Morgan fingerprint density at radius 2 is 0.516 bits per heavy atom. The van der Waals surface area contributed by atoms with E-state index < -0.39 is 0 Å². The molecular weight excluding hydrogens is 1120 g/mol. The first-order valence-corrected chi connectivity index (χ1v) is 34.1. The SMILES string of the molecule is CCCCCCC1(CCCCCC)c2cc(-c3c4ccccc4c(-c4ccc(C=C(c5ccccc5)c5ccccc5)cc4)c4ccccc34)ccc2-c2ccc(-c3c4ccccc4c(-c4ccc(C=C(c5ccccc5)c5ccccc5)cc4)c4ccccc34)cc21. The first-order valence-electron chi connectivity index (χ1n) is 34.1. The second-order valence-electron chi connectivity index (χ2n) is 25.7. The third-order valence-corrected chi connectivity index (χ3v) is 20.1. The summed E-state index contributed by atoms with van der Waals surface area (Å²) in [6.45, 7) is 4.70. The highest BCUT2D eigenvalue weighted by atomic mass is 14.5. The van der Waals surface area contributed by atoms with Crippen LogP contribution in [-0.4, -0.2) is 0 Å². The van der Waals surface area contributed by atoms with Crippen LogP contribution in [0, 0.1) is 0 Å². The standard InChI is InChI=1S/C93H78/c1-3-5-7-29-59-93(60-30-8-6-4-2)87-63-73(91-81-43-25-21-39-77(81)89(78-40-22-26-44-82(78)91)71-51-47-65(48-52-71)61-85(67-31-13-9-14-32-67)68-33-15-10-16-34-68)55-57-75(87)76-58-56-74(64-88(76)93)92-83-45-27-23-41-79(83)90(80-42-24-28-46-84(80)92)72-53-49-66(50-54-72)62-86(69-35-17-11-18-36-69)70-37-19-12-20-38-70/h9-28,31-58,61-64H,3-8,29-30,59-60H2,1-2H3. The van der Waals surface area contributed by atoms with Crippen molar-refractivity contribution in [3.8, 4) is 55.6 Å². The van der Waals surface area contributed by atoms with Gasteiger partial charge in [0.1, 0.15) is 0 Å². The van der Waals surface area contributed by atoms with Gasteiger partial charge in [0.15, 0.2) is 0 Å². The monoisotopic (exact) mass is 1190 g/mol. The summed E-state index contributed by atoms with van der Waals surface area (Å²) in [5.74, 6) is 0. The minimum Gasteiger partial charge on any atom is -0.0654 e. The van der Waals surface area contributed by atoms with Gasteiger partial charge in [-0.3, -0.25) is 0 Å². The van der Waals surface area contributed by atoms with Gasteiger partial charge in [0.25, 0.3) is 0 Å². The molecule has 0 saturated carbocycles. The molecule has 0 spiro atoms. The number of unbranched alkanes of at least 4 members (excludes halogenated alkanes) is 6. The lowest BCUT2D eigenvalue weighted by Crippen LogP contribution is -2.25. The van der Waals surface area contributed by atoms with Crippen molar-refractivity contribution < 1.29 is 0 Å². The van der Waals surface area contributed by atoms with Crippen molar-refractivity contribution in [3.63, 3.8) is 0 Å². The van der Waals surface area contributed by atoms with Crippen molar-refractivity contribution in [1.29, 1.82) is 0 Å². The molecule has 1 aliphatic rings. The van der Waals surface area contributed by atoms with Gasteiger partial charge in [-0.15, -0.1) is 0 Å². The fraction of sp³-hybridized carbons (Fsp3) is 0.140. The van der Waals surface area contributed by atoms with Gasteiger partial charge in [-0.05, 0) is 192 Å². The van der Waals surface area contributed by atoms with E-state index in [1.165, 1.54) is 206 Å². The van der Waals surface area contributed by atoms with E-state index in [0.717, 1.165) is 12.8 Å². The summed E-state index contributed by atoms with van der Waals surface area (Å²) in [6, 6.07) is 114. The quantitative estimate of drug-likeness (QED) is 0.0405. The molecule has 0 nitrogen and oxygen atoms in total. The maximum atomic E-state index is 2.67. The molecule has 0 heterocycles. The van der Waals surface area contributed by atoms with Crippen molar-refractivity contribution in [2.75, 3.05) is 0 Å². The number of benzene rings is 14. The van der Waals surface area contributed by atoms with E-state index in [9.17, 15) is 0 Å². The van der Waals surface area contributed by atoms with Gasteiger partial charge in [0.05, 0.1) is 0 Å². The number of fused-ring (bicyclic) bond motifs is 7. The second-order valence-corrected chi connectivity index (χ2v) is 25.7. The molecule has 93 heavy (non-hydrogen) atoms. The topological polar surface area (TPSA) is 0 Å². The zero-order chi connectivity index (χ0) is 62.5. The van der Waals surface area contributed by atoms with Crippen LogP contribution in [0.3, 0.4) is 0 Å². The summed E-state index contributed by atoms with van der Waals surface area (Å²) in [5.41, 5.74) is 25.5. The molecule has 0 saturated heterocycles. The van der Waals surface area contributed by atoms with Crippen LogP contribution in [0.25, 0.3) is 122 Å². The molecule has 0 bridgehead atoms. The fourth-order valence-corrected chi connectivity index (χ4v) is 15.6. The molecule has 0 amide bonds. The van der Waals surface area contributed by atoms with Crippen LogP contribution in [-0.2, 0) is 5.41 Å². The predicted molar refractivity (Wildman–Crippen MR) is 402 cm³/mol. The maximum Gasteiger partial charge on any atom is 0.0215 e. The molecular formula is C93H78. The highest BCUT2D eigenvalue weighted by Crippen LogP contribution is 2.57. The van der Waals surface area contributed by atoms with E-state index in [2.05, 4.69) is 329 Å². The van der Waals surface area contributed by atoms with Crippen molar-refractivity contribution in [2.45, 2.75) is 83.5 Å². The minimum absolute atomic E-state index is 0.163. The lowest BCUT2D eigenvalue weighted by molar-refractivity contribution is 0.401. The van der Waals surface area contributed by atoms with E-state index in [1.807, 2.05) is 0 Å². The second kappa shape index (κ2) is 26.4. The van der Waals surface area contributed by atoms with Crippen LogP contribution in [0.5, 0.6) is 0 Å². The Balaban J connectivity index is 0.854. The van der Waals surface area contributed by atoms with E-state index in [4.69, 9.17) is 0 Å². The summed E-state index contributed by atoms with van der Waals surface area (Å²) < 4.78 is 0. The summed E-state index contributed by atoms with van der Waals surface area (Å²) in [6.07, 6.45) is 16.7. The van der Waals surface area contributed by atoms with Crippen molar-refractivity contribution in [1.82, 2.24) is 0 Å². The van der Waals surface area contributed by atoms with Crippen molar-refractivity contribution in [3.05, 3.63) is 348 Å². The van der Waals surface area contributed by atoms with Crippen LogP contribution in [0.4, 0.5) is 0 Å². The first-order chi connectivity index (χ1) is 46.1. The molecule has 0 heteroatoms. The molecule has 0 N–H and O–H groups in total. The van der Waals surface area contributed by atoms with Gasteiger partial charge in [-0.2, -0.15) is 0 Å². The minimum atomic E-state index is -0.163. The van der Waals surface area contributed by atoms with Crippen LogP contribution in [0.1, 0.15) is 123 Å². The summed E-state index contributed by atoms with van der Waals surface area (Å²) in [7, 11) is 0. The number of rotatable bonds is 20. The molecule has 14 aromatic carbocycles. The Bertz CT molecular complexity index is 4530. The third-order valence-electron chi connectivity index (χ3n) is 20.1. The Morgan fingerprint density at radius 3 is 0.796 bits per heavy atom. The maximum absolute atomic E-state index is 2.67. The highest BCUT2D eigenvalue weighted by molar-refractivity contribution is 6.23. The van der Waals surface area contributed by atoms with Crippen LogP contribution < -0.4 is 0 Å². The van der Waals surface area contributed by atoms with Crippen LogP contribution in [0.15, 0.2) is 303 Å². The van der Waals surface area contributed by atoms with Crippen molar-refractivity contribution in [2.24, 2.45) is 0 Å². The Hall–Kier alpha value is -10.4.